The maximum absolute atomic E-state index is 13.1. The van der Waals surface area contributed by atoms with Gasteiger partial charge in [0.25, 0.3) is 0 Å². The fourth-order valence-corrected chi connectivity index (χ4v) is 3.77. The number of hydrogen-bond acceptors (Lipinski definition) is 5. The van der Waals surface area contributed by atoms with E-state index in [-0.39, 0.29) is 23.6 Å². The molecule has 166 valence electrons. The van der Waals surface area contributed by atoms with E-state index in [2.05, 4.69) is 10.1 Å². The van der Waals surface area contributed by atoms with Gasteiger partial charge >= 0.3 is 0 Å². The lowest BCUT2D eigenvalue weighted by atomic mass is 9.97. The monoisotopic (exact) mass is 425 g/mol. The van der Waals surface area contributed by atoms with Crippen molar-refractivity contribution in [3.05, 3.63) is 71.5 Å². The molecule has 1 fully saturated rings. The first-order valence-electron chi connectivity index (χ1n) is 11.1. The summed E-state index contributed by atoms with van der Waals surface area (Å²) in [6.45, 7) is 4.98. The van der Waals surface area contributed by atoms with Gasteiger partial charge in [0.2, 0.25) is 0 Å². The molecule has 1 aliphatic rings. The molecule has 2 atom stereocenters. The van der Waals surface area contributed by atoms with E-state index in [1.54, 1.807) is 12.1 Å². The Kier molecular flexibility index (Phi) is 8.74. The maximum Gasteiger partial charge on any atom is 0.167 e. The molecule has 0 spiro atoms. The van der Waals surface area contributed by atoms with Crippen LogP contribution in [0.2, 0.25) is 0 Å². The van der Waals surface area contributed by atoms with Crippen molar-refractivity contribution in [2.75, 3.05) is 26.2 Å². The molecule has 0 saturated carbocycles. The van der Waals surface area contributed by atoms with Crippen LogP contribution in [-0.2, 0) is 4.84 Å². The van der Waals surface area contributed by atoms with Gasteiger partial charge in [-0.3, -0.25) is 4.79 Å². The van der Waals surface area contributed by atoms with E-state index in [0.29, 0.717) is 12.2 Å². The summed E-state index contributed by atoms with van der Waals surface area (Å²) < 4.78 is 13.1. The fourth-order valence-electron chi connectivity index (χ4n) is 3.77. The first kappa shape index (κ1) is 23.1. The number of hydrogen-bond donors (Lipinski definition) is 1. The molecule has 6 heteroatoms. The number of rotatable bonds is 11. The van der Waals surface area contributed by atoms with E-state index in [9.17, 15) is 9.18 Å². The lowest BCUT2D eigenvalue weighted by Gasteiger charge is -2.16. The fraction of sp³-hybridized carbons (Fsp3) is 0.440. The minimum atomic E-state index is -0.318. The van der Waals surface area contributed by atoms with Crippen LogP contribution in [0.5, 0.6) is 0 Å². The molecule has 2 unspecified atom stereocenters. The first-order valence-corrected chi connectivity index (χ1v) is 11.1. The normalized spacial score (nSPS) is 18.2. The molecule has 0 radical (unpaired) electrons. The number of carbonyl (C=O) groups is 1. The molecule has 0 aliphatic carbocycles. The van der Waals surface area contributed by atoms with Crippen LogP contribution in [0.25, 0.3) is 0 Å². The quantitative estimate of drug-likeness (QED) is 0.332. The summed E-state index contributed by atoms with van der Waals surface area (Å²) in [6.07, 6.45) is 3.41. The summed E-state index contributed by atoms with van der Waals surface area (Å²) in [5.41, 5.74) is 8.48. The van der Waals surface area contributed by atoms with Gasteiger partial charge < -0.3 is 15.5 Å². The minimum absolute atomic E-state index is 0.0130. The van der Waals surface area contributed by atoms with E-state index in [0.717, 1.165) is 56.6 Å². The molecule has 1 heterocycles. The second kappa shape index (κ2) is 11.7. The molecule has 1 aliphatic heterocycles. The molecule has 2 N–H and O–H groups in total. The topological polar surface area (TPSA) is 67.9 Å². The minimum Gasteiger partial charge on any atom is -0.394 e. The number of nitrogens with zero attached hydrogens (tertiary/aromatic N) is 2. The zero-order valence-electron chi connectivity index (χ0n) is 18.2. The largest absolute Gasteiger partial charge is 0.394 e. The van der Waals surface area contributed by atoms with Gasteiger partial charge in [0.1, 0.15) is 12.4 Å². The predicted octanol–water partition coefficient (Wildman–Crippen LogP) is 4.27. The van der Waals surface area contributed by atoms with Crippen molar-refractivity contribution in [3.63, 3.8) is 0 Å². The Morgan fingerprint density at radius 3 is 2.65 bits per heavy atom. The van der Waals surface area contributed by atoms with Crippen LogP contribution >= 0.6 is 0 Å². The average Bonchev–Trinajstić information content (AvgIpc) is 3.27. The summed E-state index contributed by atoms with van der Waals surface area (Å²) in [6, 6.07) is 15.9. The number of nitrogens with two attached hydrogens (primary N) is 1. The van der Waals surface area contributed by atoms with Crippen LogP contribution in [-0.4, -0.2) is 48.7 Å². The summed E-state index contributed by atoms with van der Waals surface area (Å²) >= 11 is 0. The number of carbonyl (C=O) groups excluding carboxylic acids is 1. The van der Waals surface area contributed by atoms with E-state index in [1.165, 1.54) is 12.1 Å². The van der Waals surface area contributed by atoms with Crippen molar-refractivity contribution in [1.82, 2.24) is 4.90 Å². The SMILES string of the molecule is CCC(N)CON=C(CCCN1CCC(C(=O)c2ccc(F)cc2)C1)c1ccccc1. The number of Topliss-reactive ketones (excluding diaryl/α,β-unsaturated/α-hetero) is 1. The van der Waals surface area contributed by atoms with Crippen molar-refractivity contribution >= 4 is 11.5 Å². The smallest absolute Gasteiger partial charge is 0.167 e. The molecule has 3 rings (SSSR count). The van der Waals surface area contributed by atoms with Gasteiger partial charge in [-0.25, -0.2) is 4.39 Å². The van der Waals surface area contributed by atoms with Gasteiger partial charge in [-0.15, -0.1) is 0 Å². The molecule has 0 bridgehead atoms. The van der Waals surface area contributed by atoms with Crippen LogP contribution in [0.4, 0.5) is 4.39 Å². The molecule has 5 nitrogen and oxygen atoms in total. The van der Waals surface area contributed by atoms with Crippen molar-refractivity contribution in [2.45, 2.75) is 38.6 Å². The lowest BCUT2D eigenvalue weighted by Crippen LogP contribution is -2.25. The molecule has 2 aromatic rings. The van der Waals surface area contributed by atoms with Crippen LogP contribution in [0.15, 0.2) is 59.8 Å². The van der Waals surface area contributed by atoms with Crippen molar-refractivity contribution < 1.29 is 14.0 Å². The number of benzene rings is 2. The molecule has 0 amide bonds. The van der Waals surface area contributed by atoms with Gasteiger partial charge in [-0.05, 0) is 68.6 Å². The summed E-state index contributed by atoms with van der Waals surface area (Å²) in [5.74, 6) is -0.234. The molecule has 0 aromatic heterocycles. The molecule has 1 saturated heterocycles. The van der Waals surface area contributed by atoms with Crippen LogP contribution in [0, 0.1) is 11.7 Å². The highest BCUT2D eigenvalue weighted by atomic mass is 19.1. The lowest BCUT2D eigenvalue weighted by molar-refractivity contribution is 0.0922. The number of likely N-dealkylation sites (tertiary alicyclic amines) is 1. The van der Waals surface area contributed by atoms with Crippen LogP contribution in [0.3, 0.4) is 0 Å². The summed E-state index contributed by atoms with van der Waals surface area (Å²) in [7, 11) is 0. The van der Waals surface area contributed by atoms with Gasteiger partial charge in [-0.2, -0.15) is 0 Å². The highest BCUT2D eigenvalue weighted by Gasteiger charge is 2.28. The van der Waals surface area contributed by atoms with E-state index >= 15 is 0 Å². The Balaban J connectivity index is 1.50. The number of halogens is 1. The summed E-state index contributed by atoms with van der Waals surface area (Å²) in [5, 5.41) is 4.37. The molecular formula is C25H32FN3O2. The van der Waals surface area contributed by atoms with Crippen LogP contribution in [0.1, 0.15) is 48.5 Å². The van der Waals surface area contributed by atoms with Gasteiger partial charge in [0.15, 0.2) is 5.78 Å². The Morgan fingerprint density at radius 2 is 1.94 bits per heavy atom. The number of oxime groups is 1. The Morgan fingerprint density at radius 1 is 1.19 bits per heavy atom. The predicted molar refractivity (Wildman–Crippen MR) is 122 cm³/mol. The van der Waals surface area contributed by atoms with E-state index in [4.69, 9.17) is 10.6 Å². The Hall–Kier alpha value is -2.57. The second-order valence-corrected chi connectivity index (χ2v) is 8.13. The highest BCUT2D eigenvalue weighted by Crippen LogP contribution is 2.22. The van der Waals surface area contributed by atoms with Gasteiger partial charge in [0, 0.05) is 24.1 Å². The molecule has 2 aromatic carbocycles. The van der Waals surface area contributed by atoms with Gasteiger partial charge in [0.05, 0.1) is 5.71 Å². The molecule has 31 heavy (non-hydrogen) atoms. The van der Waals surface area contributed by atoms with Crippen molar-refractivity contribution in [3.8, 4) is 0 Å². The first-order chi connectivity index (χ1) is 15.1. The number of ketones is 1. The third kappa shape index (κ3) is 6.97. The zero-order valence-corrected chi connectivity index (χ0v) is 18.2. The van der Waals surface area contributed by atoms with E-state index in [1.807, 2.05) is 37.3 Å². The Bertz CT molecular complexity index is 855. The average molecular weight is 426 g/mol. The third-order valence-corrected chi connectivity index (χ3v) is 5.75. The summed E-state index contributed by atoms with van der Waals surface area (Å²) in [4.78, 5) is 20.5. The highest BCUT2D eigenvalue weighted by molar-refractivity contribution is 6.00. The van der Waals surface area contributed by atoms with Gasteiger partial charge in [-0.1, -0.05) is 42.4 Å². The standard InChI is InChI=1S/C25H32FN3O2/c1-2-23(27)18-31-28-24(19-7-4-3-5-8-19)9-6-15-29-16-14-21(17-29)25(30)20-10-12-22(26)13-11-20/h3-5,7-8,10-13,21,23H,2,6,9,14-18,27H2,1H3. The molecular weight excluding hydrogens is 393 g/mol. The maximum atomic E-state index is 13.1. The zero-order chi connectivity index (χ0) is 22.1. The van der Waals surface area contributed by atoms with E-state index < -0.39 is 0 Å². The van der Waals surface area contributed by atoms with Crippen molar-refractivity contribution in [1.29, 1.82) is 0 Å². The Labute approximate surface area is 184 Å². The van der Waals surface area contributed by atoms with Crippen molar-refractivity contribution in [2.24, 2.45) is 16.8 Å². The van der Waals surface area contributed by atoms with Crippen LogP contribution < -0.4 is 5.73 Å². The second-order valence-electron chi connectivity index (χ2n) is 8.13. The third-order valence-electron chi connectivity index (χ3n) is 5.75.